The lowest BCUT2D eigenvalue weighted by atomic mass is 9.90. The first-order valence-electron chi connectivity index (χ1n) is 8.85. The zero-order chi connectivity index (χ0) is 17.4. The summed E-state index contributed by atoms with van der Waals surface area (Å²) in [4.78, 5) is 31.0. The van der Waals surface area contributed by atoms with Crippen LogP contribution in [0.25, 0.3) is 0 Å². The van der Waals surface area contributed by atoms with Gasteiger partial charge in [0.25, 0.3) is 11.8 Å². The number of furan rings is 1. The summed E-state index contributed by atoms with van der Waals surface area (Å²) in [5.41, 5.74) is 1.36. The first-order chi connectivity index (χ1) is 12.1. The van der Waals surface area contributed by atoms with Crippen molar-refractivity contribution in [1.29, 1.82) is 0 Å². The second-order valence-corrected chi connectivity index (χ2v) is 8.11. The molecule has 1 saturated heterocycles. The smallest absolute Gasteiger partial charge is 0.289 e. The predicted molar refractivity (Wildman–Crippen MR) is 96.0 cm³/mol. The van der Waals surface area contributed by atoms with Gasteiger partial charge < -0.3 is 14.2 Å². The molecule has 2 aliphatic rings. The second-order valence-electron chi connectivity index (χ2n) is 6.97. The molecule has 4 rings (SSSR count). The molecule has 2 amide bonds. The van der Waals surface area contributed by atoms with Gasteiger partial charge in [0, 0.05) is 31.1 Å². The summed E-state index contributed by atoms with van der Waals surface area (Å²) in [7, 11) is 0. The second kappa shape index (κ2) is 6.67. The highest BCUT2D eigenvalue weighted by Gasteiger charge is 2.28. The Morgan fingerprint density at radius 1 is 1.16 bits per heavy atom. The fourth-order valence-electron chi connectivity index (χ4n) is 3.64. The molecule has 6 heteroatoms. The summed E-state index contributed by atoms with van der Waals surface area (Å²) >= 11 is 1.66. The van der Waals surface area contributed by atoms with Gasteiger partial charge in [-0.05, 0) is 48.9 Å². The van der Waals surface area contributed by atoms with Crippen LogP contribution in [0.1, 0.15) is 44.0 Å². The van der Waals surface area contributed by atoms with Gasteiger partial charge in [0.15, 0.2) is 5.76 Å². The summed E-state index contributed by atoms with van der Waals surface area (Å²) < 4.78 is 5.18. The number of carbonyl (C=O) groups is 2. The fourth-order valence-corrected chi connectivity index (χ4v) is 4.81. The molecule has 1 aliphatic carbocycles. The normalized spacial score (nSPS) is 20.4. The third-order valence-corrected chi connectivity index (χ3v) is 6.35. The number of amides is 2. The van der Waals surface area contributed by atoms with E-state index in [4.69, 9.17) is 4.42 Å². The minimum atomic E-state index is -0.0994. The number of hydrogen-bond acceptors (Lipinski definition) is 4. The third kappa shape index (κ3) is 3.23. The van der Waals surface area contributed by atoms with Gasteiger partial charge in [0.05, 0.1) is 11.1 Å². The summed E-state index contributed by atoms with van der Waals surface area (Å²) in [6, 6.07) is 5.49. The van der Waals surface area contributed by atoms with E-state index in [-0.39, 0.29) is 11.8 Å². The van der Waals surface area contributed by atoms with Crippen molar-refractivity contribution >= 4 is 23.2 Å². The zero-order valence-corrected chi connectivity index (χ0v) is 15.2. The topological polar surface area (TPSA) is 53.8 Å². The molecule has 0 N–H and O–H groups in total. The van der Waals surface area contributed by atoms with Gasteiger partial charge in [-0.15, -0.1) is 11.3 Å². The minimum absolute atomic E-state index is 0.0994. The van der Waals surface area contributed by atoms with Crippen molar-refractivity contribution in [3.05, 3.63) is 45.5 Å². The monoisotopic (exact) mass is 358 g/mol. The molecule has 25 heavy (non-hydrogen) atoms. The van der Waals surface area contributed by atoms with Gasteiger partial charge in [-0.25, -0.2) is 0 Å². The van der Waals surface area contributed by atoms with Gasteiger partial charge in [0.1, 0.15) is 0 Å². The van der Waals surface area contributed by atoms with Crippen LogP contribution in [0.4, 0.5) is 0 Å². The van der Waals surface area contributed by atoms with Gasteiger partial charge in [-0.3, -0.25) is 9.59 Å². The van der Waals surface area contributed by atoms with Crippen LogP contribution in [0.3, 0.4) is 0 Å². The Hall–Kier alpha value is -2.08. The van der Waals surface area contributed by atoms with Crippen molar-refractivity contribution < 1.29 is 14.0 Å². The zero-order valence-electron chi connectivity index (χ0n) is 14.4. The van der Waals surface area contributed by atoms with Gasteiger partial charge in [-0.2, -0.15) is 0 Å². The Labute approximate surface area is 151 Å². The number of nitrogens with zero attached hydrogens (tertiary/aromatic N) is 2. The van der Waals surface area contributed by atoms with Crippen LogP contribution in [-0.4, -0.2) is 47.8 Å². The van der Waals surface area contributed by atoms with Crippen LogP contribution >= 0.6 is 11.3 Å². The largest absolute Gasteiger partial charge is 0.459 e. The van der Waals surface area contributed by atoms with Crippen molar-refractivity contribution in [1.82, 2.24) is 9.80 Å². The van der Waals surface area contributed by atoms with Gasteiger partial charge in [0.2, 0.25) is 0 Å². The molecular formula is C19H22N2O3S. The van der Waals surface area contributed by atoms with Crippen molar-refractivity contribution in [3.63, 3.8) is 0 Å². The van der Waals surface area contributed by atoms with Crippen LogP contribution in [0.15, 0.2) is 28.9 Å². The highest BCUT2D eigenvalue weighted by molar-refractivity contribution is 7.14. The summed E-state index contributed by atoms with van der Waals surface area (Å²) in [6.45, 7) is 4.52. The SMILES string of the molecule is CC1CCc2sc(C(=O)N3CCN(C(=O)c4ccco4)CC3)cc2C1. The maximum Gasteiger partial charge on any atom is 0.289 e. The molecule has 1 unspecified atom stereocenters. The highest BCUT2D eigenvalue weighted by atomic mass is 32.1. The Balaban J connectivity index is 1.39. The van der Waals surface area contributed by atoms with E-state index in [0.717, 1.165) is 17.7 Å². The number of rotatable bonds is 2. The molecule has 0 saturated carbocycles. The first kappa shape index (κ1) is 16.4. The standard InChI is InChI=1S/C19H22N2O3S/c1-13-4-5-16-14(11-13)12-17(25-16)19(23)21-8-6-20(7-9-21)18(22)15-3-2-10-24-15/h2-3,10,12-13H,4-9,11H2,1H3. The third-order valence-electron chi connectivity index (χ3n) is 5.13. The fraction of sp³-hybridized carbons (Fsp3) is 0.474. The van der Waals surface area contributed by atoms with E-state index < -0.39 is 0 Å². The quantitative estimate of drug-likeness (QED) is 0.829. The van der Waals surface area contributed by atoms with Gasteiger partial charge in [-0.1, -0.05) is 6.92 Å². The molecule has 1 atom stereocenters. The molecular weight excluding hydrogens is 336 g/mol. The van der Waals surface area contributed by atoms with Crippen LogP contribution in [-0.2, 0) is 12.8 Å². The van der Waals surface area contributed by atoms with Gasteiger partial charge >= 0.3 is 0 Å². The number of piperazine rings is 1. The van der Waals surface area contributed by atoms with Crippen molar-refractivity contribution in [3.8, 4) is 0 Å². The van der Waals surface area contributed by atoms with E-state index in [1.165, 1.54) is 23.1 Å². The molecule has 1 aliphatic heterocycles. The van der Waals surface area contributed by atoms with E-state index in [1.54, 1.807) is 28.4 Å². The summed E-state index contributed by atoms with van der Waals surface area (Å²) in [6.07, 6.45) is 4.91. The minimum Gasteiger partial charge on any atom is -0.459 e. The lowest BCUT2D eigenvalue weighted by Gasteiger charge is -2.34. The summed E-state index contributed by atoms with van der Waals surface area (Å²) in [5.74, 6) is 1.08. The predicted octanol–water partition coefficient (Wildman–Crippen LogP) is 3.06. The lowest BCUT2D eigenvalue weighted by molar-refractivity contribution is 0.0520. The van der Waals surface area contributed by atoms with Crippen LogP contribution < -0.4 is 0 Å². The molecule has 0 radical (unpaired) electrons. The van der Waals surface area contributed by atoms with Crippen LogP contribution in [0.2, 0.25) is 0 Å². The lowest BCUT2D eigenvalue weighted by Crippen LogP contribution is -2.50. The molecule has 0 bridgehead atoms. The summed E-state index contributed by atoms with van der Waals surface area (Å²) in [5, 5.41) is 0. The molecule has 3 heterocycles. The number of thiophene rings is 1. The molecule has 2 aromatic rings. The Bertz CT molecular complexity index is 773. The highest BCUT2D eigenvalue weighted by Crippen LogP contribution is 2.32. The molecule has 0 aromatic carbocycles. The Morgan fingerprint density at radius 2 is 1.88 bits per heavy atom. The van der Waals surface area contributed by atoms with E-state index >= 15 is 0 Å². The Kier molecular flexibility index (Phi) is 4.37. The first-order valence-corrected chi connectivity index (χ1v) is 9.67. The number of aryl methyl sites for hydroxylation is 1. The van der Waals surface area contributed by atoms with Crippen molar-refractivity contribution in [2.45, 2.75) is 26.2 Å². The number of carbonyl (C=O) groups excluding carboxylic acids is 2. The van der Waals surface area contributed by atoms with Crippen molar-refractivity contribution in [2.24, 2.45) is 5.92 Å². The van der Waals surface area contributed by atoms with Crippen molar-refractivity contribution in [2.75, 3.05) is 26.2 Å². The molecule has 1 fully saturated rings. The Morgan fingerprint density at radius 3 is 2.56 bits per heavy atom. The van der Waals surface area contributed by atoms with E-state index in [2.05, 4.69) is 13.0 Å². The van der Waals surface area contributed by atoms with Crippen LogP contribution in [0, 0.1) is 5.92 Å². The number of fused-ring (bicyclic) bond motifs is 1. The maximum absolute atomic E-state index is 12.8. The average molecular weight is 358 g/mol. The average Bonchev–Trinajstić information content (AvgIpc) is 3.30. The molecule has 5 nitrogen and oxygen atoms in total. The van der Waals surface area contributed by atoms with E-state index in [9.17, 15) is 9.59 Å². The van der Waals surface area contributed by atoms with E-state index in [1.807, 2.05) is 4.90 Å². The number of hydrogen-bond donors (Lipinski definition) is 0. The molecule has 0 spiro atoms. The molecule has 2 aromatic heterocycles. The maximum atomic E-state index is 12.8. The van der Waals surface area contributed by atoms with Crippen LogP contribution in [0.5, 0.6) is 0 Å². The molecule has 132 valence electrons. The van der Waals surface area contributed by atoms with E-state index in [0.29, 0.717) is 37.9 Å².